The van der Waals surface area contributed by atoms with Gasteiger partial charge < -0.3 is 0 Å². The van der Waals surface area contributed by atoms with Gasteiger partial charge in [0.15, 0.2) is 0 Å². The summed E-state index contributed by atoms with van der Waals surface area (Å²) in [7, 11) is -3.94. The summed E-state index contributed by atoms with van der Waals surface area (Å²) >= 11 is 0. The second kappa shape index (κ2) is 7.92. The molecule has 5 heteroatoms. The Hall–Kier alpha value is -3.18. The minimum atomic E-state index is -3.94. The molecular formula is C25H23NO3S. The van der Waals surface area contributed by atoms with Crippen LogP contribution < -0.4 is 0 Å². The van der Waals surface area contributed by atoms with Crippen LogP contribution in [0, 0.1) is 19.8 Å². The summed E-state index contributed by atoms with van der Waals surface area (Å²) in [5, 5.41) is 0. The normalized spacial score (nSPS) is 19.1. The minimum Gasteiger partial charge on any atom is -0.273 e. The molecule has 0 aromatic heterocycles. The molecule has 3 aromatic rings. The molecule has 4 rings (SSSR count). The van der Waals surface area contributed by atoms with E-state index in [2.05, 4.69) is 0 Å². The lowest BCUT2D eigenvalue weighted by Crippen LogP contribution is -2.56. The summed E-state index contributed by atoms with van der Waals surface area (Å²) in [6, 6.07) is 23.3. The standard InChI is InChI=1S/C25H23NO3S/c1-18-8-12-20(13-9-18)14-17-23-24(21-6-4-3-5-7-21)26(25(23)27)30(28,29)22-15-10-19(2)11-16-22/h3-17,23-24H,1-2H3/b17-14+/t23-,24+/m0/s1. The molecule has 4 nitrogen and oxygen atoms in total. The van der Waals surface area contributed by atoms with Crippen LogP contribution in [0.15, 0.2) is 89.8 Å². The highest BCUT2D eigenvalue weighted by Crippen LogP contribution is 2.44. The lowest BCUT2D eigenvalue weighted by atomic mass is 9.84. The molecule has 1 heterocycles. The number of hydrogen-bond acceptors (Lipinski definition) is 3. The molecule has 0 saturated carbocycles. The first-order valence-corrected chi connectivity index (χ1v) is 11.3. The van der Waals surface area contributed by atoms with E-state index in [1.807, 2.05) is 80.6 Å². The first-order chi connectivity index (χ1) is 14.4. The Morgan fingerprint density at radius 1 is 0.800 bits per heavy atom. The number of hydrogen-bond donors (Lipinski definition) is 0. The van der Waals surface area contributed by atoms with Gasteiger partial charge in [0.1, 0.15) is 0 Å². The van der Waals surface area contributed by atoms with Crippen LogP contribution in [-0.4, -0.2) is 18.6 Å². The largest absolute Gasteiger partial charge is 0.273 e. The van der Waals surface area contributed by atoms with Gasteiger partial charge in [-0.2, -0.15) is 0 Å². The van der Waals surface area contributed by atoms with Crippen LogP contribution >= 0.6 is 0 Å². The second-order valence-electron chi connectivity index (χ2n) is 7.60. The number of carbonyl (C=O) groups is 1. The van der Waals surface area contributed by atoms with Crippen LogP contribution in [0.25, 0.3) is 6.08 Å². The van der Waals surface area contributed by atoms with Crippen LogP contribution in [0.4, 0.5) is 0 Å². The van der Waals surface area contributed by atoms with E-state index in [1.165, 1.54) is 0 Å². The number of aryl methyl sites for hydroxylation is 2. The van der Waals surface area contributed by atoms with Gasteiger partial charge in [0.25, 0.3) is 10.0 Å². The summed E-state index contributed by atoms with van der Waals surface area (Å²) < 4.78 is 27.5. The van der Waals surface area contributed by atoms with Crippen molar-refractivity contribution in [1.29, 1.82) is 0 Å². The van der Waals surface area contributed by atoms with Crippen molar-refractivity contribution in [3.05, 3.63) is 107 Å². The smallest absolute Gasteiger partial charge is 0.267 e. The van der Waals surface area contributed by atoms with E-state index < -0.39 is 27.9 Å². The zero-order valence-corrected chi connectivity index (χ0v) is 17.7. The zero-order chi connectivity index (χ0) is 21.3. The number of benzene rings is 3. The van der Waals surface area contributed by atoms with E-state index in [1.54, 1.807) is 24.3 Å². The minimum absolute atomic E-state index is 0.128. The molecule has 3 aromatic carbocycles. The Balaban J connectivity index is 1.70. The maximum Gasteiger partial charge on any atom is 0.267 e. The fourth-order valence-corrected chi connectivity index (χ4v) is 5.27. The zero-order valence-electron chi connectivity index (χ0n) is 16.9. The van der Waals surface area contributed by atoms with Crippen LogP contribution in [0.2, 0.25) is 0 Å². The van der Waals surface area contributed by atoms with Gasteiger partial charge in [0.2, 0.25) is 5.91 Å². The lowest BCUT2D eigenvalue weighted by Gasteiger charge is -2.45. The molecule has 1 aliphatic heterocycles. The Labute approximate surface area is 177 Å². The number of rotatable bonds is 5. The summed E-state index contributed by atoms with van der Waals surface area (Å²) in [5.41, 5.74) is 3.89. The van der Waals surface area contributed by atoms with E-state index in [0.717, 1.165) is 26.6 Å². The first-order valence-electron chi connectivity index (χ1n) is 9.83. The fraction of sp³-hybridized carbons (Fsp3) is 0.160. The highest BCUT2D eigenvalue weighted by atomic mass is 32.2. The van der Waals surface area contributed by atoms with Crippen molar-refractivity contribution in [3.63, 3.8) is 0 Å². The molecule has 1 aliphatic rings. The molecular weight excluding hydrogens is 394 g/mol. The van der Waals surface area contributed by atoms with Crippen LogP contribution in [0.3, 0.4) is 0 Å². The third-order valence-corrected chi connectivity index (χ3v) is 7.18. The van der Waals surface area contributed by atoms with E-state index in [-0.39, 0.29) is 4.90 Å². The molecule has 0 N–H and O–H groups in total. The van der Waals surface area contributed by atoms with Gasteiger partial charge in [-0.3, -0.25) is 4.79 Å². The highest BCUT2D eigenvalue weighted by molar-refractivity contribution is 7.89. The Morgan fingerprint density at radius 2 is 1.37 bits per heavy atom. The number of β-lactam (4-membered cyclic amide) rings is 1. The fourth-order valence-electron chi connectivity index (χ4n) is 3.65. The van der Waals surface area contributed by atoms with Crippen LogP contribution in [-0.2, 0) is 14.8 Å². The molecule has 1 amide bonds. The van der Waals surface area contributed by atoms with Crippen molar-refractivity contribution < 1.29 is 13.2 Å². The van der Waals surface area contributed by atoms with Crippen molar-refractivity contribution in [2.45, 2.75) is 24.8 Å². The third kappa shape index (κ3) is 3.68. The predicted molar refractivity (Wildman–Crippen MR) is 118 cm³/mol. The van der Waals surface area contributed by atoms with Crippen LogP contribution in [0.5, 0.6) is 0 Å². The molecule has 0 aliphatic carbocycles. The predicted octanol–water partition coefficient (Wildman–Crippen LogP) is 4.91. The summed E-state index contributed by atoms with van der Waals surface area (Å²) in [4.78, 5) is 13.1. The van der Waals surface area contributed by atoms with Gasteiger partial charge in [-0.15, -0.1) is 0 Å². The highest BCUT2D eigenvalue weighted by Gasteiger charge is 2.53. The van der Waals surface area contributed by atoms with Crippen LogP contribution in [0.1, 0.15) is 28.3 Å². The SMILES string of the molecule is Cc1ccc(/C=C/[C@@H]2C(=O)N(S(=O)(=O)c3ccc(C)cc3)[C@@H]2c2ccccc2)cc1. The van der Waals surface area contributed by atoms with Crippen molar-refractivity contribution >= 4 is 22.0 Å². The molecule has 1 fully saturated rings. The van der Waals surface area contributed by atoms with Crippen molar-refractivity contribution in [2.24, 2.45) is 5.92 Å². The maximum absolute atomic E-state index is 13.3. The molecule has 2 atom stereocenters. The molecule has 30 heavy (non-hydrogen) atoms. The van der Waals surface area contributed by atoms with Gasteiger partial charge in [-0.25, -0.2) is 12.7 Å². The average Bonchev–Trinajstić information content (AvgIpc) is 2.74. The monoisotopic (exact) mass is 417 g/mol. The molecule has 0 unspecified atom stereocenters. The quantitative estimate of drug-likeness (QED) is 0.555. The topological polar surface area (TPSA) is 54.5 Å². The first kappa shape index (κ1) is 20.1. The molecule has 0 radical (unpaired) electrons. The molecule has 0 bridgehead atoms. The number of carbonyl (C=O) groups excluding carboxylic acids is 1. The number of nitrogens with zero attached hydrogens (tertiary/aromatic N) is 1. The van der Waals surface area contributed by atoms with Gasteiger partial charge in [0, 0.05) is 0 Å². The Kier molecular flexibility index (Phi) is 5.31. The maximum atomic E-state index is 13.3. The van der Waals surface area contributed by atoms with Gasteiger partial charge in [-0.1, -0.05) is 90.0 Å². The average molecular weight is 418 g/mol. The van der Waals surface area contributed by atoms with E-state index >= 15 is 0 Å². The van der Waals surface area contributed by atoms with E-state index in [9.17, 15) is 13.2 Å². The van der Waals surface area contributed by atoms with E-state index in [4.69, 9.17) is 0 Å². The number of amides is 1. The van der Waals surface area contributed by atoms with Crippen molar-refractivity contribution in [2.75, 3.05) is 0 Å². The summed E-state index contributed by atoms with van der Waals surface area (Å²) in [5.74, 6) is -0.943. The van der Waals surface area contributed by atoms with Gasteiger partial charge in [0.05, 0.1) is 16.9 Å². The summed E-state index contributed by atoms with van der Waals surface area (Å²) in [6.07, 6.45) is 3.69. The lowest BCUT2D eigenvalue weighted by molar-refractivity contribution is -0.143. The summed E-state index contributed by atoms with van der Waals surface area (Å²) in [6.45, 7) is 3.91. The van der Waals surface area contributed by atoms with E-state index in [0.29, 0.717) is 0 Å². The number of sulfonamides is 1. The Bertz CT molecular complexity index is 1180. The molecule has 1 saturated heterocycles. The van der Waals surface area contributed by atoms with Crippen molar-refractivity contribution in [3.8, 4) is 0 Å². The Morgan fingerprint density at radius 3 is 1.97 bits per heavy atom. The van der Waals surface area contributed by atoms with Crippen molar-refractivity contribution in [1.82, 2.24) is 4.31 Å². The van der Waals surface area contributed by atoms with Gasteiger partial charge >= 0.3 is 0 Å². The third-order valence-electron chi connectivity index (χ3n) is 5.39. The second-order valence-corrected chi connectivity index (χ2v) is 9.42. The molecule has 152 valence electrons. The van der Waals surface area contributed by atoms with Gasteiger partial charge in [-0.05, 0) is 37.1 Å². The molecule has 0 spiro atoms.